The highest BCUT2D eigenvalue weighted by molar-refractivity contribution is 6.74. The molecule has 1 aromatic rings. The lowest BCUT2D eigenvalue weighted by molar-refractivity contribution is 0.245. The monoisotopic (exact) mass is 308 g/mol. The van der Waals surface area contributed by atoms with Gasteiger partial charge < -0.3 is 14.3 Å². The molecule has 4 heteroatoms. The normalized spacial score (nSPS) is 14.3. The molecule has 0 saturated heterocycles. The average molecular weight is 308 g/mol. The molecule has 1 aromatic carbocycles. The molecule has 0 saturated carbocycles. The smallest absolute Gasteiger partial charge is 0.250 e. The second kappa shape index (κ2) is 6.67. The van der Waals surface area contributed by atoms with Crippen LogP contribution in [-0.2, 0) is 0 Å². The van der Waals surface area contributed by atoms with Crippen LogP contribution in [0.15, 0.2) is 24.3 Å². The highest BCUT2D eigenvalue weighted by Gasteiger charge is 2.39. The zero-order valence-corrected chi connectivity index (χ0v) is 15.2. The Labute approximate surface area is 129 Å². The van der Waals surface area contributed by atoms with Crippen molar-refractivity contribution in [2.24, 2.45) is 0 Å². The summed E-state index contributed by atoms with van der Waals surface area (Å²) >= 11 is 0. The van der Waals surface area contributed by atoms with Crippen molar-refractivity contribution in [1.29, 1.82) is 0 Å². The van der Waals surface area contributed by atoms with Gasteiger partial charge >= 0.3 is 0 Å². The van der Waals surface area contributed by atoms with E-state index < -0.39 is 14.4 Å². The molecule has 0 fully saturated rings. The van der Waals surface area contributed by atoms with Gasteiger partial charge in [-0.2, -0.15) is 0 Å². The molecule has 3 nitrogen and oxygen atoms in total. The first-order valence-corrected chi connectivity index (χ1v) is 10.2. The second-order valence-electron chi connectivity index (χ2n) is 6.87. The lowest BCUT2D eigenvalue weighted by atomic mass is 10.1. The van der Waals surface area contributed by atoms with Crippen molar-refractivity contribution in [3.63, 3.8) is 0 Å². The zero-order chi connectivity index (χ0) is 16.3. The zero-order valence-electron chi connectivity index (χ0n) is 14.2. The van der Waals surface area contributed by atoms with E-state index >= 15 is 0 Å². The highest BCUT2D eigenvalue weighted by Crippen LogP contribution is 2.40. The summed E-state index contributed by atoms with van der Waals surface area (Å²) in [6, 6.07) is 5.85. The maximum Gasteiger partial charge on any atom is 0.250 e. The molecule has 0 bridgehead atoms. The molecular formula is C17H28O3Si. The molecule has 0 aliphatic rings. The minimum absolute atomic E-state index is 0.142. The summed E-state index contributed by atoms with van der Waals surface area (Å²) < 4.78 is 11.8. The first-order chi connectivity index (χ1) is 9.56. The van der Waals surface area contributed by atoms with E-state index in [2.05, 4.69) is 33.9 Å². The van der Waals surface area contributed by atoms with E-state index in [1.54, 1.807) is 20.1 Å². The number of hydrogen-bond acceptors (Lipinski definition) is 3. The van der Waals surface area contributed by atoms with Crippen LogP contribution in [0, 0.1) is 0 Å². The number of rotatable bonds is 5. The molecule has 0 amide bonds. The lowest BCUT2D eigenvalue weighted by Gasteiger charge is -2.36. The fourth-order valence-corrected chi connectivity index (χ4v) is 2.58. The number of methoxy groups -OCH3 is 1. The van der Waals surface area contributed by atoms with Crippen LogP contribution < -0.4 is 9.16 Å². The van der Waals surface area contributed by atoms with Gasteiger partial charge in [0.05, 0.1) is 13.2 Å². The third-order valence-electron chi connectivity index (χ3n) is 3.93. The summed E-state index contributed by atoms with van der Waals surface area (Å²) in [5.74, 6) is 1.52. The van der Waals surface area contributed by atoms with Crippen LogP contribution in [0.4, 0.5) is 0 Å². The summed E-state index contributed by atoms with van der Waals surface area (Å²) in [5.41, 5.74) is 0.982. The van der Waals surface area contributed by atoms with Gasteiger partial charge in [0.15, 0.2) is 5.75 Å². The summed E-state index contributed by atoms with van der Waals surface area (Å²) in [6.45, 7) is 12.8. The number of benzene rings is 1. The van der Waals surface area contributed by atoms with Gasteiger partial charge in [0.25, 0.3) is 8.32 Å². The third kappa shape index (κ3) is 4.90. The summed E-state index contributed by atoms with van der Waals surface area (Å²) in [6.07, 6.45) is 3.16. The Morgan fingerprint density at radius 2 is 1.81 bits per heavy atom. The maximum atomic E-state index is 9.30. The quantitative estimate of drug-likeness (QED) is 0.815. The topological polar surface area (TPSA) is 38.7 Å². The van der Waals surface area contributed by atoms with Gasteiger partial charge in [-0.25, -0.2) is 0 Å². The van der Waals surface area contributed by atoms with Crippen molar-refractivity contribution < 1.29 is 14.3 Å². The van der Waals surface area contributed by atoms with Crippen molar-refractivity contribution in [3.8, 4) is 11.5 Å². The Kier molecular flexibility index (Phi) is 5.65. The fourth-order valence-electron chi connectivity index (χ4n) is 1.55. The van der Waals surface area contributed by atoms with Crippen molar-refractivity contribution in [1.82, 2.24) is 0 Å². The number of hydrogen-bond donors (Lipinski definition) is 1. The largest absolute Gasteiger partial charge is 0.541 e. The van der Waals surface area contributed by atoms with Gasteiger partial charge in [0.2, 0.25) is 0 Å². The second-order valence-corrected chi connectivity index (χ2v) is 11.6. The SMILES string of the molecule is COc1cc(/C=C/C(C)O)ccc1O[Si](C)(C)C(C)(C)C. The Balaban J connectivity index is 3.05. The molecule has 1 N–H and O–H groups in total. The fraction of sp³-hybridized carbons (Fsp3) is 0.529. The van der Waals surface area contributed by atoms with Gasteiger partial charge in [-0.1, -0.05) is 39.0 Å². The van der Waals surface area contributed by atoms with Gasteiger partial charge in [-0.3, -0.25) is 0 Å². The van der Waals surface area contributed by atoms with E-state index in [0.29, 0.717) is 0 Å². The number of aliphatic hydroxyl groups excluding tert-OH is 1. The van der Waals surface area contributed by atoms with Crippen LogP contribution >= 0.6 is 0 Å². The molecule has 0 aliphatic heterocycles. The first-order valence-electron chi connectivity index (χ1n) is 7.30. The van der Waals surface area contributed by atoms with Crippen molar-refractivity contribution in [2.75, 3.05) is 7.11 Å². The van der Waals surface area contributed by atoms with Crippen molar-refractivity contribution >= 4 is 14.4 Å². The Morgan fingerprint density at radius 3 is 2.29 bits per heavy atom. The van der Waals surface area contributed by atoms with Crippen molar-refractivity contribution in [2.45, 2.75) is 51.9 Å². The molecule has 0 radical (unpaired) electrons. The Morgan fingerprint density at radius 1 is 1.19 bits per heavy atom. The standard InChI is InChI=1S/C17H28O3Si/c1-13(18)8-9-14-10-11-15(16(12-14)19-5)20-21(6,7)17(2,3)4/h8-13,18H,1-7H3/b9-8+. The average Bonchev–Trinajstić information content (AvgIpc) is 2.35. The molecule has 1 rings (SSSR count). The molecule has 0 spiro atoms. The molecule has 118 valence electrons. The van der Waals surface area contributed by atoms with Crippen molar-refractivity contribution in [3.05, 3.63) is 29.8 Å². The van der Waals surface area contributed by atoms with Gasteiger partial charge in [0, 0.05) is 0 Å². The van der Waals surface area contributed by atoms with Crippen LogP contribution in [0.5, 0.6) is 11.5 Å². The van der Waals surface area contributed by atoms with Gasteiger partial charge in [0.1, 0.15) is 5.75 Å². The Bertz CT molecular complexity index is 499. The first kappa shape index (κ1) is 17.8. The maximum absolute atomic E-state index is 9.30. The predicted octanol–water partition coefficient (Wildman–Crippen LogP) is 4.47. The summed E-state index contributed by atoms with van der Waals surface area (Å²) in [4.78, 5) is 0. The van der Waals surface area contributed by atoms with Gasteiger partial charge in [-0.05, 0) is 42.8 Å². The highest BCUT2D eigenvalue weighted by atomic mass is 28.4. The molecule has 1 atom stereocenters. The molecule has 1 unspecified atom stereocenters. The van der Waals surface area contributed by atoms with Crippen LogP contribution in [0.3, 0.4) is 0 Å². The van der Waals surface area contributed by atoms with E-state index in [1.807, 2.05) is 24.3 Å². The third-order valence-corrected chi connectivity index (χ3v) is 8.27. The van der Waals surface area contributed by atoms with Crippen LogP contribution in [0.2, 0.25) is 18.1 Å². The van der Waals surface area contributed by atoms with E-state index in [9.17, 15) is 5.11 Å². The molecule has 0 heterocycles. The molecular weight excluding hydrogens is 280 g/mol. The lowest BCUT2D eigenvalue weighted by Crippen LogP contribution is -2.43. The van der Waals surface area contributed by atoms with Crippen LogP contribution in [-0.4, -0.2) is 26.6 Å². The molecule has 0 aromatic heterocycles. The minimum Gasteiger partial charge on any atom is -0.541 e. The van der Waals surface area contributed by atoms with E-state index in [1.165, 1.54) is 0 Å². The Hall–Kier alpha value is -1.26. The minimum atomic E-state index is -1.89. The van der Waals surface area contributed by atoms with E-state index in [4.69, 9.17) is 9.16 Å². The van der Waals surface area contributed by atoms with E-state index in [-0.39, 0.29) is 5.04 Å². The summed E-state index contributed by atoms with van der Waals surface area (Å²) in [5, 5.41) is 9.44. The number of aliphatic hydroxyl groups is 1. The van der Waals surface area contributed by atoms with E-state index in [0.717, 1.165) is 17.1 Å². The molecule has 21 heavy (non-hydrogen) atoms. The van der Waals surface area contributed by atoms with Crippen LogP contribution in [0.1, 0.15) is 33.3 Å². The van der Waals surface area contributed by atoms with Crippen LogP contribution in [0.25, 0.3) is 6.08 Å². The van der Waals surface area contributed by atoms with Gasteiger partial charge in [-0.15, -0.1) is 0 Å². The predicted molar refractivity (Wildman–Crippen MR) is 91.5 cm³/mol. The molecule has 0 aliphatic carbocycles. The summed E-state index contributed by atoms with van der Waals surface area (Å²) in [7, 11) is -0.236. The number of ether oxygens (including phenoxy) is 1.